The molecule has 1 amide bonds. The highest BCUT2D eigenvalue weighted by molar-refractivity contribution is 6.30. The first-order chi connectivity index (χ1) is 12.4. The summed E-state index contributed by atoms with van der Waals surface area (Å²) in [6.07, 6.45) is 1.47. The molecule has 0 aliphatic heterocycles. The molecule has 1 N–H and O–H groups in total. The number of alkyl halides is 1. The Balaban J connectivity index is 1.40. The topological polar surface area (TPSA) is 77.3 Å². The highest BCUT2D eigenvalue weighted by Gasteiger charge is 2.50. The van der Waals surface area contributed by atoms with Gasteiger partial charge >= 0.3 is 0 Å². The van der Waals surface area contributed by atoms with Crippen molar-refractivity contribution in [2.75, 3.05) is 6.61 Å². The highest BCUT2D eigenvalue weighted by Crippen LogP contribution is 2.48. The van der Waals surface area contributed by atoms with Gasteiger partial charge in [0.25, 0.3) is 11.8 Å². The molecule has 0 unspecified atom stereocenters. The van der Waals surface area contributed by atoms with E-state index in [4.69, 9.17) is 20.8 Å². The lowest BCUT2D eigenvalue weighted by molar-refractivity contribution is -0.122. The van der Waals surface area contributed by atoms with Crippen molar-refractivity contribution in [3.63, 3.8) is 0 Å². The van der Waals surface area contributed by atoms with Crippen LogP contribution in [0.3, 0.4) is 0 Å². The number of hydrogen-bond donors (Lipinski definition) is 1. The van der Waals surface area contributed by atoms with Gasteiger partial charge in [-0.05, 0) is 31.4 Å². The summed E-state index contributed by atoms with van der Waals surface area (Å²) in [5.41, 5.74) is -1.04. The van der Waals surface area contributed by atoms with Gasteiger partial charge in [0.05, 0.1) is 5.02 Å². The summed E-state index contributed by atoms with van der Waals surface area (Å²) < 4.78 is 37.5. The molecule has 1 aliphatic carbocycles. The van der Waals surface area contributed by atoms with E-state index in [2.05, 4.69) is 22.1 Å². The van der Waals surface area contributed by atoms with Crippen LogP contribution in [0.1, 0.15) is 31.0 Å². The van der Waals surface area contributed by atoms with Crippen molar-refractivity contribution in [2.45, 2.75) is 31.4 Å². The van der Waals surface area contributed by atoms with E-state index >= 15 is 0 Å². The fourth-order valence-electron chi connectivity index (χ4n) is 2.13. The van der Waals surface area contributed by atoms with Crippen molar-refractivity contribution in [2.24, 2.45) is 0 Å². The van der Waals surface area contributed by atoms with E-state index in [9.17, 15) is 13.6 Å². The van der Waals surface area contributed by atoms with E-state index in [1.54, 1.807) is 0 Å². The molecule has 0 spiro atoms. The molecule has 9 heteroatoms. The van der Waals surface area contributed by atoms with Gasteiger partial charge in [0, 0.05) is 18.2 Å². The number of hydrogen-bond acceptors (Lipinski definition) is 5. The molecule has 26 heavy (non-hydrogen) atoms. The summed E-state index contributed by atoms with van der Waals surface area (Å²) >= 11 is 5.57. The van der Waals surface area contributed by atoms with Crippen molar-refractivity contribution in [3.05, 3.63) is 53.1 Å². The van der Waals surface area contributed by atoms with Crippen LogP contribution in [0, 0.1) is 5.82 Å². The monoisotopic (exact) mass is 383 g/mol. The zero-order chi connectivity index (χ0) is 18.7. The third-order valence-electron chi connectivity index (χ3n) is 3.76. The molecule has 1 saturated carbocycles. The summed E-state index contributed by atoms with van der Waals surface area (Å²) in [5.74, 6) is -0.601. The molecule has 138 valence electrons. The first-order valence-corrected chi connectivity index (χ1v) is 8.31. The Hall–Kier alpha value is -2.48. The molecular weight excluding hydrogens is 368 g/mol. The number of ether oxygens (including phenoxy) is 1. The molecule has 6 nitrogen and oxygen atoms in total. The Bertz CT molecular complexity index is 836. The number of carbonyl (C=O) groups is 1. The number of aryl methyl sites for hydroxylation is 1. The number of rotatable bonds is 8. The van der Waals surface area contributed by atoms with E-state index in [1.165, 1.54) is 12.1 Å². The standard InChI is InChI=1S/C17H16ClF2N3O3/c1-10(2-5-15-22-23-16(26-15)17(20)6-7-17)21-14(24)9-25-11-3-4-12(18)13(19)8-11/h3-4,8H,1-2,5-7,9H2,(H,21,24). The van der Waals surface area contributed by atoms with Gasteiger partial charge in [-0.1, -0.05) is 18.2 Å². The SMILES string of the molecule is C=C(CCc1nnc(C2(F)CC2)o1)NC(=O)COc1ccc(Cl)c(F)c1. The lowest BCUT2D eigenvalue weighted by Crippen LogP contribution is -2.28. The normalized spacial score (nSPS) is 14.7. The second-order valence-corrected chi connectivity index (χ2v) is 6.39. The van der Waals surface area contributed by atoms with E-state index < -0.39 is 17.4 Å². The number of nitrogens with one attached hydrogen (secondary N) is 1. The minimum absolute atomic E-state index is 0.00532. The van der Waals surface area contributed by atoms with Crippen molar-refractivity contribution in [3.8, 4) is 5.75 Å². The Morgan fingerprint density at radius 3 is 2.88 bits per heavy atom. The Morgan fingerprint density at radius 2 is 2.19 bits per heavy atom. The van der Waals surface area contributed by atoms with Crippen molar-refractivity contribution < 1.29 is 22.7 Å². The molecule has 1 heterocycles. The van der Waals surface area contributed by atoms with Gasteiger partial charge in [0.2, 0.25) is 5.89 Å². The smallest absolute Gasteiger partial charge is 0.262 e. The molecule has 1 aromatic carbocycles. The molecule has 0 atom stereocenters. The van der Waals surface area contributed by atoms with E-state index in [0.717, 1.165) is 6.07 Å². The predicted molar refractivity (Wildman–Crippen MR) is 88.8 cm³/mol. The predicted octanol–water partition coefficient (Wildman–Crippen LogP) is 3.46. The fourth-order valence-corrected chi connectivity index (χ4v) is 2.25. The minimum Gasteiger partial charge on any atom is -0.484 e. The lowest BCUT2D eigenvalue weighted by Gasteiger charge is -2.09. The molecule has 3 rings (SSSR count). The van der Waals surface area contributed by atoms with Crippen molar-refractivity contribution in [1.29, 1.82) is 0 Å². The second-order valence-electron chi connectivity index (χ2n) is 5.98. The summed E-state index contributed by atoms with van der Waals surface area (Å²) in [6.45, 7) is 3.42. The van der Waals surface area contributed by atoms with Gasteiger partial charge in [0.1, 0.15) is 11.6 Å². The first kappa shape index (κ1) is 18.3. The largest absolute Gasteiger partial charge is 0.484 e. The third kappa shape index (κ3) is 4.57. The second kappa shape index (κ2) is 7.41. The molecule has 0 radical (unpaired) electrons. The summed E-state index contributed by atoms with van der Waals surface area (Å²) in [6, 6.07) is 3.89. The van der Waals surface area contributed by atoms with Gasteiger partial charge < -0.3 is 14.5 Å². The molecular formula is C17H16ClF2N3O3. The highest BCUT2D eigenvalue weighted by atomic mass is 35.5. The Morgan fingerprint density at radius 1 is 1.42 bits per heavy atom. The molecule has 0 saturated heterocycles. The summed E-state index contributed by atoms with van der Waals surface area (Å²) in [7, 11) is 0. The van der Waals surface area contributed by atoms with Gasteiger partial charge in [-0.15, -0.1) is 10.2 Å². The van der Waals surface area contributed by atoms with Gasteiger partial charge in [0.15, 0.2) is 12.3 Å². The lowest BCUT2D eigenvalue weighted by atomic mass is 10.2. The minimum atomic E-state index is -1.46. The molecule has 1 aromatic heterocycles. The fraction of sp³-hybridized carbons (Fsp3) is 0.353. The van der Waals surface area contributed by atoms with Crippen molar-refractivity contribution >= 4 is 17.5 Å². The molecule has 0 bridgehead atoms. The van der Waals surface area contributed by atoms with Gasteiger partial charge in [-0.2, -0.15) is 0 Å². The number of amides is 1. The zero-order valence-corrected chi connectivity index (χ0v) is 14.5. The van der Waals surface area contributed by atoms with Crippen LogP contribution in [0.15, 0.2) is 34.9 Å². The van der Waals surface area contributed by atoms with Crippen LogP contribution in [0.5, 0.6) is 5.75 Å². The van der Waals surface area contributed by atoms with E-state index in [-0.39, 0.29) is 29.2 Å². The third-order valence-corrected chi connectivity index (χ3v) is 4.06. The van der Waals surface area contributed by atoms with Gasteiger partial charge in [-0.3, -0.25) is 4.79 Å². The average molecular weight is 384 g/mol. The number of aromatic nitrogens is 2. The van der Waals surface area contributed by atoms with Crippen LogP contribution in [0.25, 0.3) is 0 Å². The van der Waals surface area contributed by atoms with E-state index in [1.807, 2.05) is 0 Å². The Labute approximate surface area is 153 Å². The maximum absolute atomic E-state index is 13.8. The van der Waals surface area contributed by atoms with E-state index in [0.29, 0.717) is 31.4 Å². The molecule has 1 fully saturated rings. The molecule has 2 aromatic rings. The maximum Gasteiger partial charge on any atom is 0.262 e. The summed E-state index contributed by atoms with van der Waals surface area (Å²) in [4.78, 5) is 11.8. The molecule has 1 aliphatic rings. The average Bonchev–Trinajstić information content (AvgIpc) is 3.17. The Kier molecular flexibility index (Phi) is 5.22. The van der Waals surface area contributed by atoms with Crippen molar-refractivity contribution in [1.82, 2.24) is 15.5 Å². The number of allylic oxidation sites excluding steroid dienone is 1. The van der Waals surface area contributed by atoms with Crippen LogP contribution >= 0.6 is 11.6 Å². The number of nitrogens with zero attached hydrogens (tertiary/aromatic N) is 2. The number of carbonyl (C=O) groups excluding carboxylic acids is 1. The van der Waals surface area contributed by atoms with Gasteiger partial charge in [-0.25, -0.2) is 8.78 Å². The van der Waals surface area contributed by atoms with Crippen LogP contribution in [-0.4, -0.2) is 22.7 Å². The van der Waals surface area contributed by atoms with Crippen LogP contribution in [-0.2, 0) is 16.9 Å². The number of halogens is 3. The zero-order valence-electron chi connectivity index (χ0n) is 13.7. The first-order valence-electron chi connectivity index (χ1n) is 7.93. The van der Waals surface area contributed by atoms with Crippen LogP contribution in [0.4, 0.5) is 8.78 Å². The van der Waals surface area contributed by atoms with Crippen LogP contribution in [0.2, 0.25) is 5.02 Å². The quantitative estimate of drug-likeness (QED) is 0.755. The maximum atomic E-state index is 13.8. The summed E-state index contributed by atoms with van der Waals surface area (Å²) in [5, 5.41) is 10.0. The van der Waals surface area contributed by atoms with Crippen LogP contribution < -0.4 is 10.1 Å². The number of benzene rings is 1.